The van der Waals surface area contributed by atoms with Crippen LogP contribution >= 0.6 is 15.9 Å². The molecular weight excluding hydrogens is 296 g/mol. The number of nitrogens with zero attached hydrogens (tertiary/aromatic N) is 1. The molecule has 0 bridgehead atoms. The Hall–Kier alpha value is -0.810. The lowest BCUT2D eigenvalue weighted by Crippen LogP contribution is -2.44. The molecular formula is C13H19BrN2O2. The molecule has 1 saturated heterocycles. The molecule has 4 nitrogen and oxygen atoms in total. The molecule has 2 heterocycles. The number of amides is 1. The molecule has 100 valence electrons. The molecule has 1 aromatic heterocycles. The van der Waals surface area contributed by atoms with Gasteiger partial charge in [0.25, 0.3) is 5.91 Å². The van der Waals surface area contributed by atoms with Crippen molar-refractivity contribution in [2.45, 2.75) is 32.2 Å². The van der Waals surface area contributed by atoms with E-state index in [1.807, 2.05) is 0 Å². The zero-order chi connectivity index (χ0) is 13.0. The smallest absolute Gasteiger partial charge is 0.255 e. The number of likely N-dealkylation sites (tertiary alicyclic amines) is 1. The first kappa shape index (κ1) is 13.6. The highest BCUT2D eigenvalue weighted by atomic mass is 79.9. The van der Waals surface area contributed by atoms with Crippen molar-refractivity contribution in [3.8, 4) is 0 Å². The maximum Gasteiger partial charge on any atom is 0.255 e. The molecule has 0 unspecified atom stereocenters. The third-order valence-corrected chi connectivity index (χ3v) is 3.94. The summed E-state index contributed by atoms with van der Waals surface area (Å²) in [6, 6.07) is 1.97. The lowest BCUT2D eigenvalue weighted by Gasteiger charge is -2.32. The van der Waals surface area contributed by atoms with Crippen LogP contribution in [0.25, 0.3) is 0 Å². The van der Waals surface area contributed by atoms with Crippen molar-refractivity contribution in [2.24, 2.45) is 0 Å². The molecule has 1 fully saturated rings. The number of piperidine rings is 1. The van der Waals surface area contributed by atoms with Crippen LogP contribution in [0.3, 0.4) is 0 Å². The van der Waals surface area contributed by atoms with Gasteiger partial charge in [-0.1, -0.05) is 6.92 Å². The molecule has 0 atom stereocenters. The van der Waals surface area contributed by atoms with Gasteiger partial charge in [-0.05, 0) is 47.8 Å². The third-order valence-electron chi connectivity index (χ3n) is 3.33. The predicted octanol–water partition coefficient (Wildman–Crippen LogP) is 2.65. The van der Waals surface area contributed by atoms with E-state index in [-0.39, 0.29) is 11.9 Å². The maximum absolute atomic E-state index is 12.0. The second-order valence-corrected chi connectivity index (χ2v) is 5.42. The van der Waals surface area contributed by atoms with Gasteiger partial charge in [-0.3, -0.25) is 4.79 Å². The van der Waals surface area contributed by atoms with Crippen LogP contribution in [-0.2, 0) is 0 Å². The van der Waals surface area contributed by atoms with E-state index in [4.69, 9.17) is 4.42 Å². The minimum absolute atomic E-state index is 0.0513. The average molecular weight is 315 g/mol. The molecule has 1 aliphatic rings. The maximum atomic E-state index is 12.0. The number of carbonyl (C=O) groups is 1. The molecule has 1 aliphatic heterocycles. The molecule has 5 heteroatoms. The molecule has 0 aromatic carbocycles. The highest BCUT2D eigenvalue weighted by Gasteiger charge is 2.22. The lowest BCUT2D eigenvalue weighted by molar-refractivity contribution is 0.0909. The first-order chi connectivity index (χ1) is 8.70. The van der Waals surface area contributed by atoms with Crippen molar-refractivity contribution >= 4 is 21.8 Å². The average Bonchev–Trinajstić information content (AvgIpc) is 2.78. The van der Waals surface area contributed by atoms with Gasteiger partial charge in [0.1, 0.15) is 0 Å². The largest absolute Gasteiger partial charge is 0.457 e. The number of nitrogens with one attached hydrogen (secondary N) is 1. The van der Waals surface area contributed by atoms with E-state index in [9.17, 15) is 4.79 Å². The van der Waals surface area contributed by atoms with Crippen molar-refractivity contribution in [3.63, 3.8) is 0 Å². The van der Waals surface area contributed by atoms with E-state index in [2.05, 4.69) is 33.1 Å². The third kappa shape index (κ3) is 3.36. The lowest BCUT2D eigenvalue weighted by atomic mass is 10.0. The Morgan fingerprint density at radius 1 is 1.56 bits per heavy atom. The summed E-state index contributed by atoms with van der Waals surface area (Å²) in [6.45, 7) is 5.51. The van der Waals surface area contributed by atoms with Crippen LogP contribution in [0, 0.1) is 0 Å². The Morgan fingerprint density at radius 2 is 2.28 bits per heavy atom. The van der Waals surface area contributed by atoms with E-state index in [0.717, 1.165) is 32.5 Å². The topological polar surface area (TPSA) is 45.5 Å². The van der Waals surface area contributed by atoms with Gasteiger partial charge < -0.3 is 14.6 Å². The van der Waals surface area contributed by atoms with Crippen molar-refractivity contribution < 1.29 is 9.21 Å². The standard InChI is InChI=1S/C13H19BrN2O2/c1-2-6-16-7-3-10(4-8-16)15-13(17)11-5-9-18-12(11)14/h5,9-10H,2-4,6-8H2,1H3,(H,15,17). The van der Waals surface area contributed by atoms with Crippen molar-refractivity contribution in [3.05, 3.63) is 22.6 Å². The minimum Gasteiger partial charge on any atom is -0.457 e. The van der Waals surface area contributed by atoms with Gasteiger partial charge >= 0.3 is 0 Å². The van der Waals surface area contributed by atoms with Crippen LogP contribution in [0.1, 0.15) is 36.5 Å². The summed E-state index contributed by atoms with van der Waals surface area (Å²) in [5.41, 5.74) is 0.575. The summed E-state index contributed by atoms with van der Waals surface area (Å²) in [6.07, 6.45) is 4.77. The van der Waals surface area contributed by atoms with Gasteiger partial charge in [-0.2, -0.15) is 0 Å². The normalized spacial score (nSPS) is 17.9. The molecule has 1 amide bonds. The van der Waals surface area contributed by atoms with E-state index in [1.54, 1.807) is 6.07 Å². The first-order valence-corrected chi connectivity index (χ1v) is 7.26. The fourth-order valence-electron chi connectivity index (χ4n) is 2.34. The van der Waals surface area contributed by atoms with Gasteiger partial charge in [0.2, 0.25) is 0 Å². The molecule has 2 rings (SSSR count). The molecule has 0 spiro atoms. The number of hydrogen-bond donors (Lipinski definition) is 1. The van der Waals surface area contributed by atoms with Crippen LogP contribution in [0.15, 0.2) is 21.4 Å². The molecule has 1 N–H and O–H groups in total. The van der Waals surface area contributed by atoms with Crippen LogP contribution in [-0.4, -0.2) is 36.5 Å². The quantitative estimate of drug-likeness (QED) is 0.929. The Bertz CT molecular complexity index is 397. The van der Waals surface area contributed by atoms with Crippen molar-refractivity contribution in [2.75, 3.05) is 19.6 Å². The summed E-state index contributed by atoms with van der Waals surface area (Å²) in [4.78, 5) is 14.4. The molecule has 0 aliphatic carbocycles. The fraction of sp³-hybridized carbons (Fsp3) is 0.615. The highest BCUT2D eigenvalue weighted by Crippen LogP contribution is 2.18. The molecule has 1 aromatic rings. The van der Waals surface area contributed by atoms with E-state index in [1.165, 1.54) is 12.7 Å². The second-order valence-electron chi connectivity index (χ2n) is 4.70. The number of halogens is 1. The van der Waals surface area contributed by atoms with Gasteiger partial charge in [-0.25, -0.2) is 0 Å². The monoisotopic (exact) mass is 314 g/mol. The Balaban J connectivity index is 1.81. The van der Waals surface area contributed by atoms with Crippen LogP contribution in [0.2, 0.25) is 0 Å². The zero-order valence-electron chi connectivity index (χ0n) is 10.6. The van der Waals surface area contributed by atoms with Crippen LogP contribution in [0.4, 0.5) is 0 Å². The molecule has 18 heavy (non-hydrogen) atoms. The van der Waals surface area contributed by atoms with Crippen LogP contribution in [0.5, 0.6) is 0 Å². The first-order valence-electron chi connectivity index (χ1n) is 6.47. The van der Waals surface area contributed by atoms with Gasteiger partial charge in [0.15, 0.2) is 4.67 Å². The number of hydrogen-bond acceptors (Lipinski definition) is 3. The summed E-state index contributed by atoms with van der Waals surface area (Å²) >= 11 is 3.23. The van der Waals surface area contributed by atoms with Crippen molar-refractivity contribution in [1.82, 2.24) is 10.2 Å². The highest BCUT2D eigenvalue weighted by molar-refractivity contribution is 9.10. The van der Waals surface area contributed by atoms with Gasteiger partial charge in [0.05, 0.1) is 11.8 Å². The molecule has 0 radical (unpaired) electrons. The summed E-state index contributed by atoms with van der Waals surface area (Å²) in [5.74, 6) is -0.0513. The fourth-order valence-corrected chi connectivity index (χ4v) is 2.76. The van der Waals surface area contributed by atoms with Crippen molar-refractivity contribution in [1.29, 1.82) is 0 Å². The van der Waals surface area contributed by atoms with Gasteiger partial charge in [-0.15, -0.1) is 0 Å². The van der Waals surface area contributed by atoms with E-state index < -0.39 is 0 Å². The Labute approximate surface area is 116 Å². The van der Waals surface area contributed by atoms with E-state index >= 15 is 0 Å². The number of furan rings is 1. The van der Waals surface area contributed by atoms with E-state index in [0.29, 0.717) is 10.2 Å². The predicted molar refractivity (Wildman–Crippen MR) is 73.6 cm³/mol. The van der Waals surface area contributed by atoms with Crippen LogP contribution < -0.4 is 5.32 Å². The Kier molecular flexibility index (Phi) is 4.83. The summed E-state index contributed by atoms with van der Waals surface area (Å²) in [7, 11) is 0. The SMILES string of the molecule is CCCN1CCC(NC(=O)c2ccoc2Br)CC1. The Morgan fingerprint density at radius 3 is 2.83 bits per heavy atom. The summed E-state index contributed by atoms with van der Waals surface area (Å²) < 4.78 is 5.57. The number of carbonyl (C=O) groups excluding carboxylic acids is 1. The summed E-state index contributed by atoms with van der Waals surface area (Å²) in [5, 5.41) is 3.07. The number of rotatable bonds is 4. The van der Waals surface area contributed by atoms with Gasteiger partial charge in [0, 0.05) is 19.1 Å². The second kappa shape index (κ2) is 6.38. The zero-order valence-corrected chi connectivity index (χ0v) is 12.2. The molecule has 0 saturated carbocycles. The minimum atomic E-state index is -0.0513.